The van der Waals surface area contributed by atoms with Crippen LogP contribution in [0.25, 0.3) is 11.0 Å². The van der Waals surface area contributed by atoms with Crippen LogP contribution in [0.2, 0.25) is 0 Å². The van der Waals surface area contributed by atoms with Gasteiger partial charge in [0.15, 0.2) is 0 Å². The van der Waals surface area contributed by atoms with Gasteiger partial charge in [-0.25, -0.2) is 0 Å². The Bertz CT molecular complexity index is 639. The Labute approximate surface area is 118 Å². The Balaban J connectivity index is 1.74. The lowest BCUT2D eigenvalue weighted by molar-refractivity contribution is -0.126. The highest BCUT2D eigenvalue weighted by molar-refractivity contribution is 5.86. The van der Waals surface area contributed by atoms with Crippen molar-refractivity contribution < 1.29 is 9.21 Å². The average Bonchev–Trinajstić information content (AvgIpc) is 3.03. The number of carbonyl (C=O) groups excluding carboxylic acids is 1. The third-order valence-corrected chi connectivity index (χ3v) is 4.30. The molecular weight excluding hydrogens is 252 g/mol. The van der Waals surface area contributed by atoms with E-state index < -0.39 is 5.54 Å². The molecule has 0 radical (unpaired) electrons. The molecule has 0 atom stereocenters. The second kappa shape index (κ2) is 4.94. The minimum Gasteiger partial charge on any atom is -0.459 e. The zero-order valence-corrected chi connectivity index (χ0v) is 11.7. The van der Waals surface area contributed by atoms with Crippen LogP contribution in [0.5, 0.6) is 0 Å². The second-order valence-electron chi connectivity index (χ2n) is 5.69. The highest BCUT2D eigenvalue weighted by Gasteiger charge is 2.36. The number of nitrogens with two attached hydrogens (primary N) is 1. The molecule has 20 heavy (non-hydrogen) atoms. The topological polar surface area (TPSA) is 68.3 Å². The monoisotopic (exact) mass is 272 g/mol. The number of benzene rings is 1. The number of furan rings is 1. The summed E-state index contributed by atoms with van der Waals surface area (Å²) in [5.74, 6) is 0.746. The van der Waals surface area contributed by atoms with Gasteiger partial charge < -0.3 is 15.5 Å². The van der Waals surface area contributed by atoms with Crippen LogP contribution in [0, 0.1) is 6.92 Å². The Morgan fingerprint density at radius 2 is 2.05 bits per heavy atom. The average molecular weight is 272 g/mol. The second-order valence-corrected chi connectivity index (χ2v) is 5.69. The van der Waals surface area contributed by atoms with E-state index in [1.807, 2.05) is 31.2 Å². The molecule has 0 bridgehead atoms. The van der Waals surface area contributed by atoms with E-state index in [0.29, 0.717) is 6.54 Å². The van der Waals surface area contributed by atoms with Gasteiger partial charge in [-0.1, -0.05) is 31.0 Å². The van der Waals surface area contributed by atoms with E-state index in [1.54, 1.807) is 0 Å². The van der Waals surface area contributed by atoms with E-state index in [4.69, 9.17) is 10.2 Å². The van der Waals surface area contributed by atoms with Crippen molar-refractivity contribution in [3.05, 3.63) is 35.6 Å². The fraction of sp³-hybridized carbons (Fsp3) is 0.438. The largest absolute Gasteiger partial charge is 0.459 e. The predicted octanol–water partition coefficient (Wildman–Crippen LogP) is 2.63. The molecule has 106 valence electrons. The van der Waals surface area contributed by atoms with Gasteiger partial charge in [0, 0.05) is 10.9 Å². The number of para-hydroxylation sites is 1. The molecule has 4 heteroatoms. The van der Waals surface area contributed by atoms with Gasteiger partial charge in [0.25, 0.3) is 0 Å². The molecule has 1 amide bonds. The minimum absolute atomic E-state index is 0.0603. The number of nitrogens with one attached hydrogen (secondary N) is 1. The van der Waals surface area contributed by atoms with Crippen molar-refractivity contribution in [1.82, 2.24) is 5.32 Å². The summed E-state index contributed by atoms with van der Waals surface area (Å²) < 4.78 is 5.79. The minimum atomic E-state index is -0.681. The van der Waals surface area contributed by atoms with Crippen molar-refractivity contribution in [2.45, 2.75) is 44.7 Å². The first-order valence-electron chi connectivity index (χ1n) is 7.14. The van der Waals surface area contributed by atoms with Crippen molar-refractivity contribution in [2.75, 3.05) is 0 Å². The van der Waals surface area contributed by atoms with Crippen molar-refractivity contribution in [2.24, 2.45) is 5.73 Å². The lowest BCUT2D eigenvalue weighted by atomic mass is 9.98. The van der Waals surface area contributed by atoms with Crippen LogP contribution in [0.15, 0.2) is 28.7 Å². The van der Waals surface area contributed by atoms with E-state index in [9.17, 15) is 4.79 Å². The molecule has 1 fully saturated rings. The maximum Gasteiger partial charge on any atom is 0.240 e. The Morgan fingerprint density at radius 1 is 1.35 bits per heavy atom. The number of hydrogen-bond acceptors (Lipinski definition) is 3. The van der Waals surface area contributed by atoms with Gasteiger partial charge in [-0.3, -0.25) is 4.79 Å². The summed E-state index contributed by atoms with van der Waals surface area (Å²) in [4.78, 5) is 12.2. The van der Waals surface area contributed by atoms with Gasteiger partial charge in [-0.05, 0) is 25.8 Å². The molecule has 2 aromatic rings. The molecule has 3 N–H and O–H groups in total. The predicted molar refractivity (Wildman–Crippen MR) is 78.2 cm³/mol. The fourth-order valence-electron chi connectivity index (χ4n) is 2.96. The Kier molecular flexibility index (Phi) is 3.26. The fourth-order valence-corrected chi connectivity index (χ4v) is 2.96. The Hall–Kier alpha value is -1.81. The van der Waals surface area contributed by atoms with Crippen LogP contribution in [0.3, 0.4) is 0 Å². The maximum absolute atomic E-state index is 12.2. The number of carbonyl (C=O) groups is 1. The molecule has 4 nitrogen and oxygen atoms in total. The number of amides is 1. The van der Waals surface area contributed by atoms with Crippen LogP contribution >= 0.6 is 0 Å². The van der Waals surface area contributed by atoms with Gasteiger partial charge in [0.1, 0.15) is 11.3 Å². The molecule has 1 saturated carbocycles. The lowest BCUT2D eigenvalue weighted by Crippen LogP contribution is -2.51. The number of hydrogen-bond donors (Lipinski definition) is 2. The standard InChI is InChI=1S/C16H20N2O2/c1-11-12-6-2-3-7-13(12)20-14(11)10-18-15(19)16(17)8-4-5-9-16/h2-3,6-7H,4-5,8-10,17H2,1H3,(H,18,19). The first-order chi connectivity index (χ1) is 9.60. The van der Waals surface area contributed by atoms with Crippen LogP contribution in [-0.2, 0) is 11.3 Å². The van der Waals surface area contributed by atoms with Gasteiger partial charge >= 0.3 is 0 Å². The van der Waals surface area contributed by atoms with E-state index in [0.717, 1.165) is 48.0 Å². The highest BCUT2D eigenvalue weighted by atomic mass is 16.3. The smallest absolute Gasteiger partial charge is 0.240 e. The SMILES string of the molecule is Cc1c(CNC(=O)C2(N)CCCC2)oc2ccccc12. The summed E-state index contributed by atoms with van der Waals surface area (Å²) in [6.45, 7) is 2.42. The number of rotatable bonds is 3. The molecule has 0 unspecified atom stereocenters. The summed E-state index contributed by atoms with van der Waals surface area (Å²) in [6.07, 6.45) is 3.62. The van der Waals surface area contributed by atoms with Crippen molar-refractivity contribution in [3.63, 3.8) is 0 Å². The van der Waals surface area contributed by atoms with Crippen molar-refractivity contribution in [1.29, 1.82) is 0 Å². The molecule has 1 aromatic carbocycles. The zero-order valence-electron chi connectivity index (χ0n) is 11.7. The van der Waals surface area contributed by atoms with Crippen molar-refractivity contribution in [3.8, 4) is 0 Å². The van der Waals surface area contributed by atoms with Gasteiger partial charge in [0.05, 0.1) is 12.1 Å². The van der Waals surface area contributed by atoms with Crippen molar-refractivity contribution >= 4 is 16.9 Å². The molecule has 3 rings (SSSR count). The molecule has 1 heterocycles. The molecule has 1 aliphatic rings. The van der Waals surface area contributed by atoms with Gasteiger partial charge in [-0.15, -0.1) is 0 Å². The van der Waals surface area contributed by atoms with E-state index in [1.165, 1.54) is 0 Å². The first kappa shape index (κ1) is 13.2. The molecule has 1 aliphatic carbocycles. The summed E-state index contributed by atoms with van der Waals surface area (Å²) >= 11 is 0. The maximum atomic E-state index is 12.2. The van der Waals surface area contributed by atoms with Crippen LogP contribution in [0.1, 0.15) is 37.0 Å². The quantitative estimate of drug-likeness (QED) is 0.902. The molecular formula is C16H20N2O2. The zero-order chi connectivity index (χ0) is 14.2. The lowest BCUT2D eigenvalue weighted by Gasteiger charge is -2.21. The van der Waals surface area contributed by atoms with Gasteiger partial charge in [-0.2, -0.15) is 0 Å². The normalized spacial score (nSPS) is 17.5. The number of fused-ring (bicyclic) bond motifs is 1. The van der Waals surface area contributed by atoms with Gasteiger partial charge in [0.2, 0.25) is 5.91 Å². The summed E-state index contributed by atoms with van der Waals surface area (Å²) in [6, 6.07) is 7.90. The molecule has 1 aromatic heterocycles. The number of aryl methyl sites for hydroxylation is 1. The van der Waals surface area contributed by atoms with Crippen LogP contribution in [0.4, 0.5) is 0 Å². The first-order valence-corrected chi connectivity index (χ1v) is 7.14. The summed E-state index contributed by atoms with van der Waals surface area (Å²) in [7, 11) is 0. The molecule has 0 saturated heterocycles. The third-order valence-electron chi connectivity index (χ3n) is 4.30. The summed E-state index contributed by atoms with van der Waals surface area (Å²) in [5, 5.41) is 4.02. The van der Waals surface area contributed by atoms with E-state index in [-0.39, 0.29) is 5.91 Å². The van der Waals surface area contributed by atoms with Crippen LogP contribution in [-0.4, -0.2) is 11.4 Å². The molecule has 0 aliphatic heterocycles. The third kappa shape index (κ3) is 2.20. The Morgan fingerprint density at radius 3 is 2.75 bits per heavy atom. The van der Waals surface area contributed by atoms with E-state index in [2.05, 4.69) is 5.32 Å². The van der Waals surface area contributed by atoms with Crippen LogP contribution < -0.4 is 11.1 Å². The summed E-state index contributed by atoms with van der Waals surface area (Å²) in [5.41, 5.74) is 7.40. The molecule has 0 spiro atoms. The van der Waals surface area contributed by atoms with E-state index >= 15 is 0 Å². The highest BCUT2D eigenvalue weighted by Crippen LogP contribution is 2.28.